The van der Waals surface area contributed by atoms with E-state index in [1.807, 2.05) is 30.4 Å². The van der Waals surface area contributed by atoms with Gasteiger partial charge in [-0.15, -0.1) is 0 Å². The number of rotatable bonds is 7. The zero-order valence-electron chi connectivity index (χ0n) is 12.0. The van der Waals surface area contributed by atoms with Gasteiger partial charge >= 0.3 is 0 Å². The molecular weight excluding hydrogens is 259 g/mol. The zero-order valence-corrected chi connectivity index (χ0v) is 12.9. The van der Waals surface area contributed by atoms with Crippen molar-refractivity contribution in [2.24, 2.45) is 0 Å². The monoisotopic (exact) mass is 280 g/mol. The van der Waals surface area contributed by atoms with Crippen LogP contribution in [0, 0.1) is 0 Å². The third-order valence-corrected chi connectivity index (χ3v) is 5.31. The molecule has 0 aliphatic rings. The molecule has 0 N–H and O–H groups in total. The summed E-state index contributed by atoms with van der Waals surface area (Å²) >= 11 is 0. The fraction of sp³-hybridized carbons (Fsp3) is 0.0526. The summed E-state index contributed by atoms with van der Waals surface area (Å²) in [6.45, 7) is 13.6. The maximum Gasteiger partial charge on any atom is -0.0138 e. The zero-order chi connectivity index (χ0) is 14.8. The minimum Gasteiger partial charge on any atom is -0.0991 e. The normalized spacial score (nSPS) is 14.1. The topological polar surface area (TPSA) is 0 Å². The van der Waals surface area contributed by atoms with E-state index in [1.165, 1.54) is 15.9 Å². The fourth-order valence-corrected chi connectivity index (χ4v) is 4.14. The van der Waals surface area contributed by atoms with Crippen LogP contribution in [-0.4, -0.2) is 0 Å². The number of allylic oxidation sites excluding steroid dienone is 9. The predicted octanol–water partition coefficient (Wildman–Crippen LogP) is 5.70. The molecular formula is C19H21P. The molecule has 1 rings (SSSR count). The van der Waals surface area contributed by atoms with Crippen molar-refractivity contribution in [1.82, 2.24) is 0 Å². The van der Waals surface area contributed by atoms with Crippen LogP contribution in [0.25, 0.3) is 0 Å². The second kappa shape index (κ2) is 9.07. The van der Waals surface area contributed by atoms with E-state index in [1.54, 1.807) is 6.08 Å². The average Bonchev–Trinajstić information content (AvgIpc) is 2.50. The lowest BCUT2D eigenvalue weighted by Crippen LogP contribution is -2.02. The molecule has 20 heavy (non-hydrogen) atoms. The standard InChI is InChI=1S/C19H21P/c1-5-9-14-18(8-4)20(17(7-3)13-6-2)19-15-11-10-12-16-19/h5-16H,1-3H2,4H3/b14-9-,17-13+,18-8+. The highest BCUT2D eigenvalue weighted by Gasteiger charge is 2.16. The molecule has 0 aliphatic carbocycles. The summed E-state index contributed by atoms with van der Waals surface area (Å²) in [6, 6.07) is 10.5. The van der Waals surface area contributed by atoms with Crippen LogP contribution in [0.5, 0.6) is 0 Å². The minimum absolute atomic E-state index is 0.602. The molecule has 1 heteroatoms. The van der Waals surface area contributed by atoms with E-state index in [9.17, 15) is 0 Å². The van der Waals surface area contributed by atoms with E-state index in [0.29, 0.717) is 0 Å². The Morgan fingerprint density at radius 1 is 1.00 bits per heavy atom. The molecule has 0 amide bonds. The fourth-order valence-electron chi connectivity index (χ4n) is 1.85. The van der Waals surface area contributed by atoms with Crippen LogP contribution < -0.4 is 5.30 Å². The molecule has 0 heterocycles. The lowest BCUT2D eigenvalue weighted by molar-refractivity contribution is 1.67. The van der Waals surface area contributed by atoms with Crippen LogP contribution in [0.2, 0.25) is 0 Å². The highest BCUT2D eigenvalue weighted by atomic mass is 31.1. The smallest absolute Gasteiger partial charge is 0.0138 e. The quantitative estimate of drug-likeness (QED) is 0.444. The average molecular weight is 280 g/mol. The van der Waals surface area contributed by atoms with Crippen molar-refractivity contribution in [3.63, 3.8) is 0 Å². The molecule has 1 atom stereocenters. The molecule has 0 radical (unpaired) electrons. The van der Waals surface area contributed by atoms with Gasteiger partial charge in [0.1, 0.15) is 0 Å². The Bertz CT molecular complexity index is 544. The van der Waals surface area contributed by atoms with Gasteiger partial charge in [0.2, 0.25) is 0 Å². The number of benzene rings is 1. The van der Waals surface area contributed by atoms with Gasteiger partial charge < -0.3 is 0 Å². The maximum absolute atomic E-state index is 3.95. The predicted molar refractivity (Wildman–Crippen MR) is 94.6 cm³/mol. The molecule has 0 bridgehead atoms. The second-order valence-corrected chi connectivity index (χ2v) is 6.23. The summed E-state index contributed by atoms with van der Waals surface area (Å²) in [4.78, 5) is 0. The van der Waals surface area contributed by atoms with Crippen molar-refractivity contribution in [3.8, 4) is 0 Å². The Kier molecular flexibility index (Phi) is 7.32. The Hall–Kier alpha value is -1.91. The second-order valence-electron chi connectivity index (χ2n) is 4.01. The van der Waals surface area contributed by atoms with E-state index >= 15 is 0 Å². The van der Waals surface area contributed by atoms with Gasteiger partial charge in [0.25, 0.3) is 0 Å². The molecule has 0 nitrogen and oxygen atoms in total. The van der Waals surface area contributed by atoms with Crippen LogP contribution in [0.4, 0.5) is 0 Å². The molecule has 102 valence electrons. The van der Waals surface area contributed by atoms with Gasteiger partial charge in [-0.1, -0.05) is 92.6 Å². The Morgan fingerprint density at radius 2 is 1.70 bits per heavy atom. The largest absolute Gasteiger partial charge is 0.0991 e. The van der Waals surface area contributed by atoms with Crippen molar-refractivity contribution >= 4 is 13.2 Å². The Balaban J connectivity index is 3.37. The third kappa shape index (κ3) is 4.33. The summed E-state index contributed by atoms with van der Waals surface area (Å²) in [5.41, 5.74) is 0. The first-order valence-corrected chi connectivity index (χ1v) is 7.88. The van der Waals surface area contributed by atoms with E-state index < -0.39 is 7.92 Å². The van der Waals surface area contributed by atoms with Gasteiger partial charge in [-0.3, -0.25) is 0 Å². The Labute approximate surface area is 124 Å². The first-order valence-electron chi connectivity index (χ1n) is 6.54. The van der Waals surface area contributed by atoms with Gasteiger partial charge in [0.05, 0.1) is 0 Å². The van der Waals surface area contributed by atoms with E-state index in [0.717, 1.165) is 0 Å². The molecule has 0 saturated heterocycles. The third-order valence-electron chi connectivity index (χ3n) is 2.73. The van der Waals surface area contributed by atoms with Gasteiger partial charge in [-0.05, 0) is 30.8 Å². The highest BCUT2D eigenvalue weighted by Crippen LogP contribution is 2.52. The van der Waals surface area contributed by atoms with Crippen LogP contribution in [-0.2, 0) is 0 Å². The molecule has 1 aromatic carbocycles. The molecule has 1 aromatic rings. The van der Waals surface area contributed by atoms with E-state index in [4.69, 9.17) is 0 Å². The Morgan fingerprint density at radius 3 is 2.20 bits per heavy atom. The maximum atomic E-state index is 3.95. The summed E-state index contributed by atoms with van der Waals surface area (Å²) in [6.07, 6.45) is 13.8. The SMILES string of the molecule is C=C/C=C\C(=C/C)P(/C(C=C)=C/C=C)c1ccccc1. The number of hydrogen-bond donors (Lipinski definition) is 0. The first kappa shape index (κ1) is 16.1. The van der Waals surface area contributed by atoms with Crippen LogP contribution in [0.1, 0.15) is 6.92 Å². The van der Waals surface area contributed by atoms with Gasteiger partial charge in [-0.2, -0.15) is 0 Å². The summed E-state index contributed by atoms with van der Waals surface area (Å²) in [5, 5.41) is 3.78. The van der Waals surface area contributed by atoms with E-state index in [2.05, 4.69) is 63.1 Å². The van der Waals surface area contributed by atoms with Crippen LogP contribution in [0.3, 0.4) is 0 Å². The van der Waals surface area contributed by atoms with Gasteiger partial charge in [0, 0.05) is 0 Å². The van der Waals surface area contributed by atoms with Gasteiger partial charge in [-0.25, -0.2) is 0 Å². The summed E-state index contributed by atoms with van der Waals surface area (Å²) < 4.78 is 0. The number of hydrogen-bond acceptors (Lipinski definition) is 0. The first-order chi connectivity index (χ1) is 9.78. The molecule has 0 aliphatic heterocycles. The minimum atomic E-state index is -0.602. The van der Waals surface area contributed by atoms with E-state index in [-0.39, 0.29) is 0 Å². The molecule has 1 unspecified atom stereocenters. The molecule has 0 fully saturated rings. The lowest BCUT2D eigenvalue weighted by Gasteiger charge is -2.20. The van der Waals surface area contributed by atoms with Crippen LogP contribution >= 0.6 is 7.92 Å². The highest BCUT2D eigenvalue weighted by molar-refractivity contribution is 7.74. The van der Waals surface area contributed by atoms with Crippen molar-refractivity contribution < 1.29 is 0 Å². The van der Waals surface area contributed by atoms with Crippen molar-refractivity contribution in [3.05, 3.63) is 103 Å². The van der Waals surface area contributed by atoms with Crippen molar-refractivity contribution in [2.45, 2.75) is 6.92 Å². The summed E-state index contributed by atoms with van der Waals surface area (Å²) in [5.74, 6) is 0. The molecule has 0 aromatic heterocycles. The molecule has 0 spiro atoms. The summed E-state index contributed by atoms with van der Waals surface area (Å²) in [7, 11) is -0.602. The van der Waals surface area contributed by atoms with Crippen molar-refractivity contribution in [2.75, 3.05) is 0 Å². The molecule has 0 saturated carbocycles. The van der Waals surface area contributed by atoms with Gasteiger partial charge in [0.15, 0.2) is 0 Å². The lowest BCUT2D eigenvalue weighted by atomic mass is 10.4. The van der Waals surface area contributed by atoms with Crippen molar-refractivity contribution in [1.29, 1.82) is 0 Å². The van der Waals surface area contributed by atoms with Crippen LogP contribution in [0.15, 0.2) is 103 Å².